The first-order valence-electron chi connectivity index (χ1n) is 8.77. The summed E-state index contributed by atoms with van der Waals surface area (Å²) in [6.07, 6.45) is 2.18. The zero-order valence-corrected chi connectivity index (χ0v) is 16.4. The minimum Gasteiger partial charge on any atom is -0.490 e. The van der Waals surface area contributed by atoms with Crippen molar-refractivity contribution in [1.29, 1.82) is 0 Å². The number of carbonyl (C=O) groups excluding carboxylic acids is 2. The lowest BCUT2D eigenvalue weighted by molar-refractivity contribution is -0.141. The Morgan fingerprint density at radius 1 is 1.30 bits per heavy atom. The molecule has 0 saturated heterocycles. The van der Waals surface area contributed by atoms with Crippen LogP contribution in [0, 0.1) is 6.92 Å². The Labute approximate surface area is 161 Å². The monoisotopic (exact) mass is 386 g/mol. The second kappa shape index (κ2) is 8.35. The molecule has 3 aromatic rings. The molecule has 1 atom stereocenters. The van der Waals surface area contributed by atoms with Gasteiger partial charge >= 0.3 is 5.97 Å². The molecule has 0 spiro atoms. The van der Waals surface area contributed by atoms with Crippen molar-refractivity contribution in [1.82, 2.24) is 9.38 Å². The summed E-state index contributed by atoms with van der Waals surface area (Å²) in [5.74, 6) is 0.0311. The lowest BCUT2D eigenvalue weighted by Gasteiger charge is -2.14. The van der Waals surface area contributed by atoms with Gasteiger partial charge in [-0.05, 0) is 48.4 Å². The molecule has 0 N–H and O–H groups in total. The number of imidazole rings is 1. The number of methoxy groups -OCH3 is 1. The van der Waals surface area contributed by atoms with Crippen molar-refractivity contribution >= 4 is 28.7 Å². The van der Waals surface area contributed by atoms with Crippen molar-refractivity contribution in [3.63, 3.8) is 0 Å². The molecule has 0 unspecified atom stereocenters. The fraction of sp³-hybridized carbons (Fsp3) is 0.350. The highest BCUT2D eigenvalue weighted by Gasteiger charge is 2.25. The van der Waals surface area contributed by atoms with Crippen molar-refractivity contribution in [3.05, 3.63) is 52.1 Å². The van der Waals surface area contributed by atoms with Crippen LogP contribution < -0.4 is 4.74 Å². The van der Waals surface area contributed by atoms with E-state index in [1.807, 2.05) is 49.0 Å². The smallest absolute Gasteiger partial charge is 0.306 e. The van der Waals surface area contributed by atoms with Crippen molar-refractivity contribution in [2.24, 2.45) is 0 Å². The molecule has 3 rings (SSSR count). The van der Waals surface area contributed by atoms with Gasteiger partial charge in [-0.3, -0.25) is 14.0 Å². The maximum atomic E-state index is 13.1. The number of carbonyl (C=O) groups is 2. The highest BCUT2D eigenvalue weighted by atomic mass is 32.1. The molecule has 0 saturated carbocycles. The third kappa shape index (κ3) is 4.03. The predicted molar refractivity (Wildman–Crippen MR) is 104 cm³/mol. The molecular formula is C20H22N2O4S. The Kier molecular flexibility index (Phi) is 5.91. The summed E-state index contributed by atoms with van der Waals surface area (Å²) in [4.78, 5) is 29.5. The van der Waals surface area contributed by atoms with E-state index in [4.69, 9.17) is 9.47 Å². The second-order valence-electron chi connectivity index (χ2n) is 6.21. The van der Waals surface area contributed by atoms with Gasteiger partial charge in [0.1, 0.15) is 5.69 Å². The van der Waals surface area contributed by atoms with Gasteiger partial charge in [0.2, 0.25) is 0 Å². The van der Waals surface area contributed by atoms with Gasteiger partial charge < -0.3 is 9.47 Å². The molecule has 0 fully saturated rings. The molecule has 0 bridgehead atoms. The zero-order chi connectivity index (χ0) is 19.4. The molecule has 3 aromatic heterocycles. The molecule has 0 aliphatic carbocycles. The summed E-state index contributed by atoms with van der Waals surface area (Å²) in [5.41, 5.74) is 2.77. The number of pyridine rings is 1. The lowest BCUT2D eigenvalue weighted by atomic mass is 9.91. The molecule has 3 heterocycles. The van der Waals surface area contributed by atoms with Crippen LogP contribution in [0.4, 0.5) is 0 Å². The van der Waals surface area contributed by atoms with Gasteiger partial charge in [-0.15, -0.1) is 0 Å². The molecule has 0 aliphatic rings. The average Bonchev–Trinajstić information content (AvgIpc) is 3.29. The maximum Gasteiger partial charge on any atom is 0.306 e. The van der Waals surface area contributed by atoms with Crippen molar-refractivity contribution in [2.45, 2.75) is 32.6 Å². The van der Waals surface area contributed by atoms with Gasteiger partial charge in [-0.25, -0.2) is 4.98 Å². The number of hydrogen-bond donors (Lipinski definition) is 0. The van der Waals surface area contributed by atoms with Crippen LogP contribution in [0.25, 0.3) is 5.65 Å². The third-order valence-electron chi connectivity index (χ3n) is 4.44. The van der Waals surface area contributed by atoms with E-state index in [2.05, 4.69) is 4.98 Å². The highest BCUT2D eigenvalue weighted by Crippen LogP contribution is 2.29. The Bertz CT molecular complexity index is 946. The number of Topliss-reactive ketones (excluding diaryl/α,β-unsaturated/α-hetero) is 1. The number of fused-ring (bicyclic) bond motifs is 1. The molecule has 142 valence electrons. The Hall–Kier alpha value is -2.67. The fourth-order valence-corrected chi connectivity index (χ4v) is 3.92. The van der Waals surface area contributed by atoms with E-state index in [-0.39, 0.29) is 30.5 Å². The van der Waals surface area contributed by atoms with Gasteiger partial charge in [0.05, 0.1) is 25.8 Å². The SMILES string of the molecule is CCOc1cccn2c(C(=O)C[C@@H](CC(=O)OC)c3ccsc3)c(C)nc12. The Morgan fingerprint density at radius 2 is 2.11 bits per heavy atom. The van der Waals surface area contributed by atoms with Gasteiger partial charge in [0, 0.05) is 18.5 Å². The van der Waals surface area contributed by atoms with Crippen LogP contribution in [0.2, 0.25) is 0 Å². The van der Waals surface area contributed by atoms with E-state index in [1.165, 1.54) is 7.11 Å². The van der Waals surface area contributed by atoms with E-state index in [1.54, 1.807) is 15.7 Å². The fourth-order valence-electron chi connectivity index (χ4n) is 3.18. The van der Waals surface area contributed by atoms with Crippen molar-refractivity contribution < 1.29 is 19.1 Å². The van der Waals surface area contributed by atoms with E-state index < -0.39 is 0 Å². The second-order valence-corrected chi connectivity index (χ2v) is 6.99. The van der Waals surface area contributed by atoms with Crippen LogP contribution in [-0.2, 0) is 9.53 Å². The first-order valence-corrected chi connectivity index (χ1v) is 9.72. The van der Waals surface area contributed by atoms with E-state index in [9.17, 15) is 9.59 Å². The molecule has 27 heavy (non-hydrogen) atoms. The molecule has 0 radical (unpaired) electrons. The number of ether oxygens (including phenoxy) is 2. The quantitative estimate of drug-likeness (QED) is 0.432. The van der Waals surface area contributed by atoms with Crippen molar-refractivity contribution in [3.8, 4) is 5.75 Å². The van der Waals surface area contributed by atoms with E-state index >= 15 is 0 Å². The Balaban J connectivity index is 1.93. The van der Waals surface area contributed by atoms with Crippen LogP contribution in [0.15, 0.2) is 35.2 Å². The molecule has 0 amide bonds. The predicted octanol–water partition coefficient (Wildman–Crippen LogP) is 4.02. The minimum atomic E-state index is -0.326. The Morgan fingerprint density at radius 3 is 2.78 bits per heavy atom. The van der Waals surface area contributed by atoms with Crippen LogP contribution >= 0.6 is 11.3 Å². The van der Waals surface area contributed by atoms with Crippen molar-refractivity contribution in [2.75, 3.05) is 13.7 Å². The van der Waals surface area contributed by atoms with Gasteiger partial charge in [0.15, 0.2) is 17.2 Å². The number of aromatic nitrogens is 2. The molecule has 6 nitrogen and oxygen atoms in total. The summed E-state index contributed by atoms with van der Waals surface area (Å²) >= 11 is 1.54. The number of hydrogen-bond acceptors (Lipinski definition) is 6. The number of nitrogens with zero attached hydrogens (tertiary/aromatic N) is 2. The van der Waals surface area contributed by atoms with Crippen LogP contribution in [0.1, 0.15) is 47.4 Å². The molecule has 0 aromatic carbocycles. The zero-order valence-electron chi connectivity index (χ0n) is 15.6. The molecular weight excluding hydrogens is 364 g/mol. The topological polar surface area (TPSA) is 69.9 Å². The van der Waals surface area contributed by atoms with Crippen LogP contribution in [-0.4, -0.2) is 34.9 Å². The largest absolute Gasteiger partial charge is 0.490 e. The van der Waals surface area contributed by atoms with Crippen LogP contribution in [0.5, 0.6) is 5.75 Å². The number of ketones is 1. The van der Waals surface area contributed by atoms with Gasteiger partial charge in [-0.1, -0.05) is 0 Å². The first kappa shape index (κ1) is 19.1. The average molecular weight is 386 g/mol. The number of aryl methyl sites for hydroxylation is 1. The van der Waals surface area contributed by atoms with E-state index in [0.29, 0.717) is 29.4 Å². The first-order chi connectivity index (χ1) is 13.0. The van der Waals surface area contributed by atoms with Crippen LogP contribution in [0.3, 0.4) is 0 Å². The number of rotatable bonds is 8. The summed E-state index contributed by atoms with van der Waals surface area (Å²) in [6, 6.07) is 5.62. The molecule has 0 aliphatic heterocycles. The maximum absolute atomic E-state index is 13.1. The summed E-state index contributed by atoms with van der Waals surface area (Å²) in [7, 11) is 1.36. The number of thiophene rings is 1. The normalized spacial score (nSPS) is 12.1. The third-order valence-corrected chi connectivity index (χ3v) is 5.14. The highest BCUT2D eigenvalue weighted by molar-refractivity contribution is 7.08. The van der Waals surface area contributed by atoms with E-state index in [0.717, 1.165) is 5.56 Å². The standard InChI is InChI=1S/C20H22N2O4S/c1-4-26-17-6-5-8-22-19(13(2)21-20(17)22)16(23)10-15(11-18(24)25-3)14-7-9-27-12-14/h5-9,12,15H,4,10-11H2,1-3H3/t15-/m0/s1. The number of esters is 1. The summed E-state index contributed by atoms with van der Waals surface area (Å²) < 4.78 is 12.2. The summed E-state index contributed by atoms with van der Waals surface area (Å²) in [5, 5.41) is 3.91. The van der Waals surface area contributed by atoms with Gasteiger partial charge in [-0.2, -0.15) is 11.3 Å². The lowest BCUT2D eigenvalue weighted by Crippen LogP contribution is -2.14. The summed E-state index contributed by atoms with van der Waals surface area (Å²) in [6.45, 7) is 4.24. The molecule has 7 heteroatoms. The van der Waals surface area contributed by atoms with Gasteiger partial charge in [0.25, 0.3) is 0 Å². The minimum absolute atomic E-state index is 0.0613.